The number of nitrogens with zero attached hydrogens (tertiary/aromatic N) is 2. The third-order valence-electron chi connectivity index (χ3n) is 5.69. The van der Waals surface area contributed by atoms with Gasteiger partial charge in [0.2, 0.25) is 0 Å². The minimum absolute atomic E-state index is 0.0494. The highest BCUT2D eigenvalue weighted by Gasteiger charge is 2.46. The van der Waals surface area contributed by atoms with Gasteiger partial charge >= 0.3 is 0 Å². The van der Waals surface area contributed by atoms with E-state index in [-0.39, 0.29) is 11.3 Å². The molecule has 0 aliphatic carbocycles. The quantitative estimate of drug-likeness (QED) is 0.326. The SMILES string of the molecule is CCCOc1ccc(/C(O)=C2/C(=O)C(=O)N(c3ccc(C)cc3)C2c2ccncc2)cc1C. The molecule has 1 amide bonds. The topological polar surface area (TPSA) is 79.7 Å². The number of Topliss-reactive ketones (excluding diaryl/α,β-unsaturated/α-hetero) is 1. The number of amides is 1. The number of carbonyl (C=O) groups is 2. The van der Waals surface area contributed by atoms with Crippen molar-refractivity contribution in [1.82, 2.24) is 4.98 Å². The second-order valence-electron chi connectivity index (χ2n) is 8.11. The molecule has 168 valence electrons. The highest BCUT2D eigenvalue weighted by molar-refractivity contribution is 6.51. The number of ether oxygens (including phenoxy) is 1. The van der Waals surface area contributed by atoms with Crippen LogP contribution < -0.4 is 9.64 Å². The van der Waals surface area contributed by atoms with E-state index in [1.807, 2.05) is 32.9 Å². The first-order chi connectivity index (χ1) is 15.9. The Hall–Kier alpha value is -3.93. The Bertz CT molecular complexity index is 1220. The van der Waals surface area contributed by atoms with Crippen molar-refractivity contribution >= 4 is 23.1 Å². The molecule has 1 atom stereocenters. The second kappa shape index (κ2) is 9.28. The summed E-state index contributed by atoms with van der Waals surface area (Å²) in [5.74, 6) is -0.894. The number of ketones is 1. The standard InChI is InChI=1S/C27H26N2O4/c1-4-15-33-22-10-7-20(16-18(22)3)25(30)23-24(19-11-13-28-14-12-19)29(27(32)26(23)31)21-8-5-17(2)6-9-21/h5-14,16,24,30H,4,15H2,1-3H3/b25-23-. The molecule has 33 heavy (non-hydrogen) atoms. The van der Waals surface area contributed by atoms with Crippen LogP contribution >= 0.6 is 0 Å². The van der Waals surface area contributed by atoms with Crippen molar-refractivity contribution in [2.24, 2.45) is 0 Å². The molecule has 1 unspecified atom stereocenters. The van der Waals surface area contributed by atoms with Gasteiger partial charge < -0.3 is 9.84 Å². The Labute approximate surface area is 193 Å². The highest BCUT2D eigenvalue weighted by Crippen LogP contribution is 2.42. The average Bonchev–Trinajstić information content (AvgIpc) is 3.09. The number of aryl methyl sites for hydroxylation is 2. The summed E-state index contributed by atoms with van der Waals surface area (Å²) in [4.78, 5) is 31.8. The summed E-state index contributed by atoms with van der Waals surface area (Å²) >= 11 is 0. The number of hydrogen-bond donors (Lipinski definition) is 1. The molecule has 3 aromatic rings. The van der Waals surface area contributed by atoms with E-state index in [0.717, 1.165) is 23.3 Å². The van der Waals surface area contributed by atoms with Crippen LogP contribution in [0.2, 0.25) is 0 Å². The first-order valence-corrected chi connectivity index (χ1v) is 10.9. The van der Waals surface area contributed by atoms with Crippen molar-refractivity contribution in [2.45, 2.75) is 33.2 Å². The minimum Gasteiger partial charge on any atom is -0.507 e. The third kappa shape index (κ3) is 4.24. The molecule has 1 aliphatic rings. The average molecular weight is 443 g/mol. The molecule has 2 heterocycles. The number of anilines is 1. The van der Waals surface area contributed by atoms with Crippen molar-refractivity contribution in [2.75, 3.05) is 11.5 Å². The smallest absolute Gasteiger partial charge is 0.300 e. The van der Waals surface area contributed by atoms with Crippen molar-refractivity contribution in [3.63, 3.8) is 0 Å². The van der Waals surface area contributed by atoms with Gasteiger partial charge in [-0.25, -0.2) is 0 Å². The Kier molecular flexibility index (Phi) is 6.27. The highest BCUT2D eigenvalue weighted by atomic mass is 16.5. The summed E-state index contributed by atoms with van der Waals surface area (Å²) in [6.07, 6.45) is 4.10. The Morgan fingerprint density at radius 2 is 1.73 bits per heavy atom. The largest absolute Gasteiger partial charge is 0.507 e. The monoisotopic (exact) mass is 442 g/mol. The van der Waals surface area contributed by atoms with Gasteiger partial charge in [-0.1, -0.05) is 24.6 Å². The van der Waals surface area contributed by atoms with Gasteiger partial charge in [-0.05, 0) is 73.9 Å². The molecule has 2 aromatic carbocycles. The van der Waals surface area contributed by atoms with Crippen LogP contribution in [-0.4, -0.2) is 28.4 Å². The lowest BCUT2D eigenvalue weighted by Crippen LogP contribution is -2.29. The van der Waals surface area contributed by atoms with Crippen LogP contribution in [0.3, 0.4) is 0 Å². The van der Waals surface area contributed by atoms with Crippen LogP contribution in [0.4, 0.5) is 5.69 Å². The van der Waals surface area contributed by atoms with Gasteiger partial charge in [0, 0.05) is 23.6 Å². The van der Waals surface area contributed by atoms with E-state index >= 15 is 0 Å². The molecule has 1 aromatic heterocycles. The summed E-state index contributed by atoms with van der Waals surface area (Å²) in [6.45, 7) is 6.46. The van der Waals surface area contributed by atoms with E-state index in [9.17, 15) is 14.7 Å². The van der Waals surface area contributed by atoms with E-state index in [4.69, 9.17) is 4.74 Å². The molecule has 0 bridgehead atoms. The molecule has 0 saturated carbocycles. The minimum atomic E-state index is -0.771. The predicted octanol–water partition coefficient (Wildman–Crippen LogP) is 5.11. The molecule has 6 heteroatoms. The number of hydrogen-bond acceptors (Lipinski definition) is 5. The van der Waals surface area contributed by atoms with Crippen molar-refractivity contribution in [1.29, 1.82) is 0 Å². The summed E-state index contributed by atoms with van der Waals surface area (Å²) in [7, 11) is 0. The second-order valence-corrected chi connectivity index (χ2v) is 8.11. The summed E-state index contributed by atoms with van der Waals surface area (Å²) in [6, 6.07) is 15.4. The third-order valence-corrected chi connectivity index (χ3v) is 5.69. The molecular formula is C27H26N2O4. The number of aromatic nitrogens is 1. The first-order valence-electron chi connectivity index (χ1n) is 10.9. The predicted molar refractivity (Wildman–Crippen MR) is 127 cm³/mol. The maximum atomic E-state index is 13.2. The zero-order chi connectivity index (χ0) is 23.5. The van der Waals surface area contributed by atoms with E-state index < -0.39 is 17.7 Å². The van der Waals surface area contributed by atoms with Crippen LogP contribution in [0, 0.1) is 13.8 Å². The molecule has 4 rings (SSSR count). The van der Waals surface area contributed by atoms with Gasteiger partial charge in [0.25, 0.3) is 11.7 Å². The van der Waals surface area contributed by atoms with Crippen LogP contribution in [0.1, 0.15) is 41.6 Å². The summed E-state index contributed by atoms with van der Waals surface area (Å²) in [5, 5.41) is 11.3. The van der Waals surface area contributed by atoms with Crippen LogP contribution in [-0.2, 0) is 9.59 Å². The van der Waals surface area contributed by atoms with Gasteiger partial charge in [0.1, 0.15) is 11.5 Å². The van der Waals surface area contributed by atoms with Crippen LogP contribution in [0.5, 0.6) is 5.75 Å². The van der Waals surface area contributed by atoms with E-state index in [1.165, 1.54) is 4.90 Å². The first kappa shape index (κ1) is 22.3. The molecule has 1 aliphatic heterocycles. The molecular weight excluding hydrogens is 416 g/mol. The number of pyridine rings is 1. The fourth-order valence-corrected chi connectivity index (χ4v) is 3.99. The zero-order valence-electron chi connectivity index (χ0n) is 18.9. The molecule has 1 fully saturated rings. The number of aliphatic hydroxyl groups is 1. The lowest BCUT2D eigenvalue weighted by atomic mass is 9.95. The number of carbonyl (C=O) groups excluding carboxylic acids is 2. The van der Waals surface area contributed by atoms with E-state index in [0.29, 0.717) is 23.4 Å². The van der Waals surface area contributed by atoms with Crippen molar-refractivity contribution in [3.8, 4) is 5.75 Å². The molecule has 6 nitrogen and oxygen atoms in total. The van der Waals surface area contributed by atoms with Gasteiger partial charge in [-0.3, -0.25) is 19.5 Å². The van der Waals surface area contributed by atoms with Crippen molar-refractivity contribution < 1.29 is 19.4 Å². The van der Waals surface area contributed by atoms with Gasteiger partial charge in [0.15, 0.2) is 0 Å². The van der Waals surface area contributed by atoms with Gasteiger partial charge in [-0.2, -0.15) is 0 Å². The number of aliphatic hydroxyl groups excluding tert-OH is 1. The molecule has 1 saturated heterocycles. The summed E-state index contributed by atoms with van der Waals surface area (Å²) < 4.78 is 5.73. The summed E-state index contributed by atoms with van der Waals surface area (Å²) in [5.41, 5.74) is 3.65. The fourth-order valence-electron chi connectivity index (χ4n) is 3.99. The van der Waals surface area contributed by atoms with Gasteiger partial charge in [0.05, 0.1) is 18.2 Å². The maximum absolute atomic E-state index is 13.2. The zero-order valence-corrected chi connectivity index (χ0v) is 18.9. The van der Waals surface area contributed by atoms with Crippen molar-refractivity contribution in [3.05, 3.63) is 94.8 Å². The lowest BCUT2D eigenvalue weighted by Gasteiger charge is -2.25. The molecule has 1 N–H and O–H groups in total. The Morgan fingerprint density at radius 3 is 2.36 bits per heavy atom. The fraction of sp³-hybridized carbons (Fsp3) is 0.222. The Balaban J connectivity index is 1.85. The van der Waals surface area contributed by atoms with E-state index in [1.54, 1.807) is 54.9 Å². The Morgan fingerprint density at radius 1 is 1.03 bits per heavy atom. The van der Waals surface area contributed by atoms with E-state index in [2.05, 4.69) is 4.98 Å². The maximum Gasteiger partial charge on any atom is 0.300 e. The number of benzene rings is 2. The van der Waals surface area contributed by atoms with Crippen LogP contribution in [0.15, 0.2) is 72.6 Å². The lowest BCUT2D eigenvalue weighted by molar-refractivity contribution is -0.132. The van der Waals surface area contributed by atoms with Gasteiger partial charge in [-0.15, -0.1) is 0 Å². The molecule has 0 radical (unpaired) electrons. The normalized spacial score (nSPS) is 17.4. The number of rotatable bonds is 6. The van der Waals surface area contributed by atoms with Crippen LogP contribution in [0.25, 0.3) is 5.76 Å². The molecule has 0 spiro atoms.